The van der Waals surface area contributed by atoms with Crippen LogP contribution in [0.15, 0.2) is 70.8 Å². The van der Waals surface area contributed by atoms with Gasteiger partial charge in [-0.15, -0.1) is 0 Å². The Morgan fingerprint density at radius 3 is 2.44 bits per heavy atom. The molecule has 0 aliphatic rings. The first-order valence-electron chi connectivity index (χ1n) is 8.15. The molecule has 5 nitrogen and oxygen atoms in total. The van der Waals surface area contributed by atoms with Gasteiger partial charge in [-0.2, -0.15) is 15.6 Å². The van der Waals surface area contributed by atoms with E-state index in [9.17, 15) is 10.5 Å². The number of nitrogen functional groups attached to an aromatic ring is 1. The van der Waals surface area contributed by atoms with Gasteiger partial charge in [0, 0.05) is 4.48 Å². The number of nitrogens with zero attached hydrogens (tertiary/aromatic N) is 4. The minimum Gasteiger partial charge on any atom is -0.382 e. The number of rotatable bonds is 5. The summed E-state index contributed by atoms with van der Waals surface area (Å²) in [6.07, 6.45) is 9.01. The molecule has 6 heteroatoms. The minimum atomic E-state index is 0.182. The van der Waals surface area contributed by atoms with Gasteiger partial charge in [0.15, 0.2) is 0 Å². The number of allylic oxidation sites excluding steroid dienone is 8. The van der Waals surface area contributed by atoms with Gasteiger partial charge in [-0.05, 0) is 43.7 Å². The first kappa shape index (κ1) is 20.0. The van der Waals surface area contributed by atoms with E-state index < -0.39 is 0 Å². The van der Waals surface area contributed by atoms with Crippen LogP contribution in [-0.4, -0.2) is 9.78 Å². The third-order valence-electron chi connectivity index (χ3n) is 3.84. The summed E-state index contributed by atoms with van der Waals surface area (Å²) in [5.74, 6) is 0.204. The quantitative estimate of drug-likeness (QED) is 0.542. The van der Waals surface area contributed by atoms with E-state index in [1.54, 1.807) is 18.2 Å². The van der Waals surface area contributed by atoms with Crippen molar-refractivity contribution < 1.29 is 0 Å². The maximum atomic E-state index is 9.52. The Morgan fingerprint density at radius 2 is 1.85 bits per heavy atom. The topological polar surface area (TPSA) is 91.4 Å². The molecule has 2 rings (SSSR count). The molecular formula is C21H18BrN5. The average molecular weight is 420 g/mol. The van der Waals surface area contributed by atoms with E-state index in [2.05, 4.69) is 27.1 Å². The molecule has 0 aliphatic heterocycles. The van der Waals surface area contributed by atoms with Crippen molar-refractivity contribution in [2.45, 2.75) is 13.8 Å². The van der Waals surface area contributed by atoms with Crippen LogP contribution in [0.4, 0.5) is 5.82 Å². The van der Waals surface area contributed by atoms with Crippen molar-refractivity contribution in [3.63, 3.8) is 0 Å². The van der Waals surface area contributed by atoms with E-state index in [-0.39, 0.29) is 22.6 Å². The molecule has 1 heterocycles. The Labute approximate surface area is 167 Å². The second kappa shape index (κ2) is 9.38. The number of nitrogens with two attached hydrogens (primary N) is 1. The van der Waals surface area contributed by atoms with E-state index in [0.717, 1.165) is 15.7 Å². The number of anilines is 1. The molecule has 0 fully saturated rings. The SMILES string of the molecule is C\C=C(C)/C(Br)=C\C=C\C=C(/C#N)c1nn(-c2ccccc2)c(N)c1C#N. The zero-order valence-electron chi connectivity index (χ0n) is 15.0. The number of aromatic nitrogens is 2. The second-order valence-electron chi connectivity index (χ2n) is 5.53. The monoisotopic (exact) mass is 419 g/mol. The molecule has 0 bridgehead atoms. The van der Waals surface area contributed by atoms with Gasteiger partial charge in [0.2, 0.25) is 0 Å². The fraction of sp³-hybridized carbons (Fsp3) is 0.0952. The van der Waals surface area contributed by atoms with Crippen molar-refractivity contribution in [1.29, 1.82) is 10.5 Å². The van der Waals surface area contributed by atoms with Crippen LogP contribution in [0.25, 0.3) is 11.3 Å². The number of halogens is 1. The van der Waals surface area contributed by atoms with Crippen molar-refractivity contribution >= 4 is 27.3 Å². The van der Waals surface area contributed by atoms with E-state index in [1.807, 2.05) is 62.4 Å². The fourth-order valence-corrected chi connectivity index (χ4v) is 2.61. The van der Waals surface area contributed by atoms with Gasteiger partial charge in [0.1, 0.15) is 29.2 Å². The molecule has 0 saturated heterocycles. The first-order chi connectivity index (χ1) is 13.0. The van der Waals surface area contributed by atoms with E-state index in [0.29, 0.717) is 0 Å². The van der Waals surface area contributed by atoms with Crippen molar-refractivity contribution in [2.75, 3.05) is 5.73 Å². The van der Waals surface area contributed by atoms with Gasteiger partial charge in [-0.1, -0.05) is 52.4 Å². The highest BCUT2D eigenvalue weighted by molar-refractivity contribution is 9.12. The number of benzene rings is 1. The average Bonchev–Trinajstić information content (AvgIpc) is 3.03. The fourth-order valence-electron chi connectivity index (χ4n) is 2.23. The molecule has 27 heavy (non-hydrogen) atoms. The van der Waals surface area contributed by atoms with Crippen molar-refractivity contribution in [3.05, 3.63) is 82.0 Å². The maximum absolute atomic E-state index is 9.52. The van der Waals surface area contributed by atoms with Crippen LogP contribution >= 0.6 is 15.9 Å². The summed E-state index contributed by atoms with van der Waals surface area (Å²) in [7, 11) is 0. The number of para-hydroxylation sites is 1. The zero-order chi connectivity index (χ0) is 19.8. The lowest BCUT2D eigenvalue weighted by molar-refractivity contribution is 0.884. The Morgan fingerprint density at radius 1 is 1.19 bits per heavy atom. The molecule has 0 atom stereocenters. The molecule has 2 N–H and O–H groups in total. The molecular weight excluding hydrogens is 402 g/mol. The summed E-state index contributed by atoms with van der Waals surface area (Å²) in [6.45, 7) is 3.95. The number of hydrogen-bond acceptors (Lipinski definition) is 4. The second-order valence-corrected chi connectivity index (χ2v) is 6.39. The smallest absolute Gasteiger partial charge is 0.145 e. The highest BCUT2D eigenvalue weighted by Gasteiger charge is 2.19. The summed E-state index contributed by atoms with van der Waals surface area (Å²) in [4.78, 5) is 0. The third-order valence-corrected chi connectivity index (χ3v) is 4.73. The van der Waals surface area contributed by atoms with Gasteiger partial charge < -0.3 is 5.73 Å². The third kappa shape index (κ3) is 4.63. The predicted octanol–water partition coefficient (Wildman–Crippen LogP) is 5.03. The standard InChI is InChI=1S/C21H18BrN5/c1-3-15(2)19(22)12-8-7-9-16(13-23)20-18(14-24)21(25)27(26-20)17-10-5-4-6-11-17/h3-12H,25H2,1-2H3/b8-7+,15-3-,16-9+,19-12+. The normalized spacial score (nSPS) is 12.9. The van der Waals surface area contributed by atoms with Crippen LogP contribution in [0, 0.1) is 22.7 Å². The van der Waals surface area contributed by atoms with Crippen LogP contribution in [0.2, 0.25) is 0 Å². The molecule has 0 radical (unpaired) electrons. The molecule has 1 aromatic heterocycles. The van der Waals surface area contributed by atoms with E-state index >= 15 is 0 Å². The molecule has 0 spiro atoms. The number of hydrogen-bond donors (Lipinski definition) is 1. The molecule has 0 amide bonds. The Kier molecular flexibility index (Phi) is 6.93. The van der Waals surface area contributed by atoms with Gasteiger partial charge in [0.25, 0.3) is 0 Å². The lowest BCUT2D eigenvalue weighted by atomic mass is 10.1. The van der Waals surface area contributed by atoms with Crippen LogP contribution in [0.5, 0.6) is 0 Å². The Bertz CT molecular complexity index is 1030. The summed E-state index contributed by atoms with van der Waals surface area (Å²) in [5, 5.41) is 23.4. The largest absolute Gasteiger partial charge is 0.382 e. The van der Waals surface area contributed by atoms with E-state index in [4.69, 9.17) is 5.73 Å². The summed E-state index contributed by atoms with van der Waals surface area (Å²) in [6, 6.07) is 13.4. The van der Waals surface area contributed by atoms with Gasteiger partial charge in [0.05, 0.1) is 11.3 Å². The summed E-state index contributed by atoms with van der Waals surface area (Å²) < 4.78 is 2.41. The van der Waals surface area contributed by atoms with E-state index in [1.165, 1.54) is 4.68 Å². The Hall–Kier alpha value is -3.35. The van der Waals surface area contributed by atoms with Crippen molar-refractivity contribution in [1.82, 2.24) is 9.78 Å². The molecule has 0 unspecified atom stereocenters. The summed E-state index contributed by atoms with van der Waals surface area (Å²) >= 11 is 3.47. The first-order valence-corrected chi connectivity index (χ1v) is 8.94. The molecule has 0 aliphatic carbocycles. The molecule has 1 aromatic carbocycles. The minimum absolute atomic E-state index is 0.182. The highest BCUT2D eigenvalue weighted by Crippen LogP contribution is 2.25. The van der Waals surface area contributed by atoms with Crippen LogP contribution in [0.3, 0.4) is 0 Å². The lowest BCUT2D eigenvalue weighted by Crippen LogP contribution is -2.02. The maximum Gasteiger partial charge on any atom is 0.145 e. The zero-order valence-corrected chi connectivity index (χ0v) is 16.6. The van der Waals surface area contributed by atoms with Crippen molar-refractivity contribution in [3.8, 4) is 17.8 Å². The van der Waals surface area contributed by atoms with Crippen molar-refractivity contribution in [2.24, 2.45) is 0 Å². The highest BCUT2D eigenvalue weighted by atomic mass is 79.9. The molecule has 0 saturated carbocycles. The van der Waals surface area contributed by atoms with Crippen LogP contribution in [-0.2, 0) is 0 Å². The molecule has 2 aromatic rings. The van der Waals surface area contributed by atoms with Gasteiger partial charge in [-0.25, -0.2) is 4.68 Å². The lowest BCUT2D eigenvalue weighted by Gasteiger charge is -2.02. The van der Waals surface area contributed by atoms with Gasteiger partial charge >= 0.3 is 0 Å². The molecule has 134 valence electrons. The summed E-state index contributed by atoms with van der Waals surface area (Å²) in [5.41, 5.74) is 8.61. The van der Waals surface area contributed by atoms with Crippen LogP contribution in [0.1, 0.15) is 25.1 Å². The Balaban J connectivity index is 2.43. The van der Waals surface area contributed by atoms with Crippen LogP contribution < -0.4 is 5.73 Å². The predicted molar refractivity (Wildman–Crippen MR) is 112 cm³/mol. The van der Waals surface area contributed by atoms with Gasteiger partial charge in [-0.3, -0.25) is 0 Å². The number of nitriles is 2.